The van der Waals surface area contributed by atoms with Crippen LogP contribution in [0.3, 0.4) is 0 Å². The van der Waals surface area contributed by atoms with E-state index in [4.69, 9.17) is 5.73 Å². The van der Waals surface area contributed by atoms with Crippen LogP contribution in [0.2, 0.25) is 0 Å². The van der Waals surface area contributed by atoms with Gasteiger partial charge in [-0.1, -0.05) is 18.2 Å². The van der Waals surface area contributed by atoms with Crippen molar-refractivity contribution in [3.05, 3.63) is 29.3 Å². The van der Waals surface area contributed by atoms with E-state index >= 15 is 0 Å². The Kier molecular flexibility index (Phi) is 4.09. The highest BCUT2D eigenvalue weighted by Crippen LogP contribution is 2.23. The monoisotopic (exact) mass is 234 g/mol. The van der Waals surface area contributed by atoms with Crippen molar-refractivity contribution in [1.29, 1.82) is 0 Å². The predicted molar refractivity (Wildman–Crippen MR) is 70.4 cm³/mol. The fourth-order valence-corrected chi connectivity index (χ4v) is 1.69. The van der Waals surface area contributed by atoms with Gasteiger partial charge in [-0.05, 0) is 25.0 Å². The van der Waals surface area contributed by atoms with Gasteiger partial charge in [0.1, 0.15) is 0 Å². The number of aliphatic imine (C=N–C) groups is 1. The van der Waals surface area contributed by atoms with Gasteiger partial charge in [-0.15, -0.1) is 0 Å². The van der Waals surface area contributed by atoms with Crippen LogP contribution < -0.4 is 16.0 Å². The van der Waals surface area contributed by atoms with E-state index in [-0.39, 0.29) is 12.0 Å². The van der Waals surface area contributed by atoms with Crippen molar-refractivity contribution >= 4 is 17.7 Å². The van der Waals surface area contributed by atoms with E-state index in [1.54, 1.807) is 7.05 Å². The van der Waals surface area contributed by atoms with Crippen LogP contribution in [0.1, 0.15) is 11.1 Å². The number of aryl methyl sites for hydroxylation is 2. The molecule has 1 aromatic rings. The van der Waals surface area contributed by atoms with Crippen molar-refractivity contribution in [1.82, 2.24) is 5.32 Å². The number of nitrogens with one attached hydrogen (secondary N) is 1. The van der Waals surface area contributed by atoms with Crippen molar-refractivity contribution in [2.45, 2.75) is 13.8 Å². The molecule has 0 atom stereocenters. The molecule has 3 N–H and O–H groups in total. The third kappa shape index (κ3) is 2.96. The second kappa shape index (κ2) is 5.34. The molecule has 2 amide bonds. The number of rotatable bonds is 1. The minimum atomic E-state index is -0.300. The fraction of sp³-hybridized carbons (Fsp3) is 0.333. The molecule has 0 radical (unpaired) electrons. The van der Waals surface area contributed by atoms with Crippen LogP contribution >= 0.6 is 0 Å². The second-order valence-electron chi connectivity index (χ2n) is 3.84. The van der Waals surface area contributed by atoms with Crippen LogP contribution in [0.4, 0.5) is 10.5 Å². The molecular formula is C12H18N4O. The number of carbonyl (C=O) groups is 1. The van der Waals surface area contributed by atoms with E-state index < -0.39 is 0 Å². The summed E-state index contributed by atoms with van der Waals surface area (Å²) in [5, 5.41) is 2.50. The van der Waals surface area contributed by atoms with Gasteiger partial charge >= 0.3 is 6.03 Å². The number of para-hydroxylation sites is 1. The third-order valence-corrected chi connectivity index (χ3v) is 2.56. The molecule has 0 heterocycles. The highest BCUT2D eigenvalue weighted by Gasteiger charge is 2.15. The summed E-state index contributed by atoms with van der Waals surface area (Å²) in [5.74, 6) is 0.105. The second-order valence-corrected chi connectivity index (χ2v) is 3.84. The standard InChI is InChI=1S/C12H18N4O/c1-8-6-5-7-9(2)10(8)16(4)12(17)15-11(13)14-3/h5-7H,1-4H3,(H3,13,14,15,17). The van der Waals surface area contributed by atoms with Crippen molar-refractivity contribution in [3.63, 3.8) is 0 Å². The smallest absolute Gasteiger partial charge is 0.328 e. The maximum atomic E-state index is 11.9. The van der Waals surface area contributed by atoms with E-state index in [0.29, 0.717) is 0 Å². The molecule has 5 heteroatoms. The van der Waals surface area contributed by atoms with Crippen LogP contribution in [-0.2, 0) is 0 Å². The number of carbonyl (C=O) groups excluding carboxylic acids is 1. The molecule has 17 heavy (non-hydrogen) atoms. The predicted octanol–water partition coefficient (Wildman–Crippen LogP) is 1.39. The van der Waals surface area contributed by atoms with Gasteiger partial charge in [0.25, 0.3) is 0 Å². The third-order valence-electron chi connectivity index (χ3n) is 2.56. The molecule has 1 aromatic carbocycles. The Morgan fingerprint density at radius 3 is 2.35 bits per heavy atom. The van der Waals surface area contributed by atoms with Gasteiger partial charge in [-0.25, -0.2) is 4.79 Å². The molecule has 0 saturated heterocycles. The molecule has 0 fully saturated rings. The number of benzene rings is 1. The Bertz CT molecular complexity index is 434. The lowest BCUT2D eigenvalue weighted by Crippen LogP contribution is -2.44. The van der Waals surface area contributed by atoms with Crippen molar-refractivity contribution in [3.8, 4) is 0 Å². The molecule has 0 unspecified atom stereocenters. The first kappa shape index (κ1) is 13.0. The molecule has 5 nitrogen and oxygen atoms in total. The van der Waals surface area contributed by atoms with Gasteiger partial charge in [0.05, 0.1) is 5.69 Å². The van der Waals surface area contributed by atoms with E-state index in [0.717, 1.165) is 16.8 Å². The number of hydrogen-bond donors (Lipinski definition) is 2. The maximum Gasteiger partial charge on any atom is 0.328 e. The average molecular weight is 234 g/mol. The van der Waals surface area contributed by atoms with E-state index in [1.165, 1.54) is 11.9 Å². The van der Waals surface area contributed by atoms with Crippen LogP contribution in [0.25, 0.3) is 0 Å². The Labute approximate surface area is 101 Å². The van der Waals surface area contributed by atoms with E-state index in [1.807, 2.05) is 32.0 Å². The first-order chi connectivity index (χ1) is 7.97. The molecule has 0 aliphatic rings. The normalized spacial score (nSPS) is 11.2. The summed E-state index contributed by atoms with van der Waals surface area (Å²) < 4.78 is 0. The van der Waals surface area contributed by atoms with Gasteiger partial charge in [-0.3, -0.25) is 15.2 Å². The summed E-state index contributed by atoms with van der Waals surface area (Å²) in [7, 11) is 3.22. The van der Waals surface area contributed by atoms with Crippen molar-refractivity contribution < 1.29 is 4.79 Å². The van der Waals surface area contributed by atoms with Gasteiger partial charge in [0.15, 0.2) is 5.96 Å². The maximum absolute atomic E-state index is 11.9. The zero-order valence-corrected chi connectivity index (χ0v) is 10.6. The van der Waals surface area contributed by atoms with Crippen LogP contribution in [0.5, 0.6) is 0 Å². The first-order valence-corrected chi connectivity index (χ1v) is 5.30. The number of amides is 2. The molecule has 0 aliphatic heterocycles. The molecule has 0 saturated carbocycles. The summed E-state index contributed by atoms with van der Waals surface area (Å²) >= 11 is 0. The highest BCUT2D eigenvalue weighted by atomic mass is 16.2. The quantitative estimate of drug-likeness (QED) is 0.569. The highest BCUT2D eigenvalue weighted by molar-refractivity contribution is 6.03. The summed E-state index contributed by atoms with van der Waals surface area (Å²) in [6.45, 7) is 3.92. The lowest BCUT2D eigenvalue weighted by molar-refractivity contribution is 0.251. The molecule has 0 spiro atoms. The Balaban J connectivity index is 2.97. The number of hydrogen-bond acceptors (Lipinski definition) is 2. The Morgan fingerprint density at radius 2 is 1.88 bits per heavy atom. The minimum absolute atomic E-state index is 0.105. The van der Waals surface area contributed by atoms with Gasteiger partial charge in [0.2, 0.25) is 0 Å². The Hall–Kier alpha value is -2.04. The molecule has 92 valence electrons. The van der Waals surface area contributed by atoms with Gasteiger partial charge in [-0.2, -0.15) is 0 Å². The zero-order valence-electron chi connectivity index (χ0n) is 10.6. The molecule has 0 bridgehead atoms. The number of nitrogens with two attached hydrogens (primary N) is 1. The SMILES string of the molecule is CN=C(N)NC(=O)N(C)c1c(C)cccc1C. The first-order valence-electron chi connectivity index (χ1n) is 5.30. The zero-order chi connectivity index (χ0) is 13.0. The summed E-state index contributed by atoms with van der Waals surface area (Å²) in [6.07, 6.45) is 0. The minimum Gasteiger partial charge on any atom is -0.370 e. The number of anilines is 1. The van der Waals surface area contributed by atoms with Gasteiger partial charge < -0.3 is 5.73 Å². The fourth-order valence-electron chi connectivity index (χ4n) is 1.69. The molecule has 1 rings (SSSR count). The van der Waals surface area contributed by atoms with Crippen LogP contribution in [-0.4, -0.2) is 26.1 Å². The van der Waals surface area contributed by atoms with Gasteiger partial charge in [0, 0.05) is 14.1 Å². The lowest BCUT2D eigenvalue weighted by Gasteiger charge is -2.21. The van der Waals surface area contributed by atoms with Crippen molar-refractivity contribution in [2.75, 3.05) is 19.0 Å². The molecule has 0 aliphatic carbocycles. The number of nitrogens with zero attached hydrogens (tertiary/aromatic N) is 2. The molecule has 0 aromatic heterocycles. The van der Waals surface area contributed by atoms with E-state index in [9.17, 15) is 4.79 Å². The number of urea groups is 1. The summed E-state index contributed by atoms with van der Waals surface area (Å²) in [5.41, 5.74) is 8.41. The average Bonchev–Trinajstić information content (AvgIpc) is 2.28. The lowest BCUT2D eigenvalue weighted by atomic mass is 10.1. The van der Waals surface area contributed by atoms with E-state index in [2.05, 4.69) is 10.3 Å². The Morgan fingerprint density at radius 1 is 1.35 bits per heavy atom. The molecular weight excluding hydrogens is 216 g/mol. The summed E-state index contributed by atoms with van der Waals surface area (Å²) in [4.78, 5) is 17.1. The largest absolute Gasteiger partial charge is 0.370 e. The number of guanidine groups is 1. The topological polar surface area (TPSA) is 70.7 Å². The summed E-state index contributed by atoms with van der Waals surface area (Å²) in [6, 6.07) is 5.58. The van der Waals surface area contributed by atoms with Crippen LogP contribution in [0.15, 0.2) is 23.2 Å². The van der Waals surface area contributed by atoms with Crippen LogP contribution in [0, 0.1) is 13.8 Å². The van der Waals surface area contributed by atoms with Crippen molar-refractivity contribution in [2.24, 2.45) is 10.7 Å².